The van der Waals surface area contributed by atoms with Gasteiger partial charge >= 0.3 is 0 Å². The van der Waals surface area contributed by atoms with Crippen molar-refractivity contribution in [3.05, 3.63) is 0 Å². The predicted molar refractivity (Wildman–Crippen MR) is 85.5 cm³/mol. The van der Waals surface area contributed by atoms with Crippen LogP contribution >= 0.6 is 0 Å². The SMILES string of the molecule is O=C(NC1CCC2(CCOCC2)CC1)C1CC12CCNCC2. The molecule has 1 unspecified atom stereocenters. The van der Waals surface area contributed by atoms with E-state index in [9.17, 15) is 4.79 Å². The number of carbonyl (C=O) groups excluding carboxylic acids is 1. The van der Waals surface area contributed by atoms with E-state index in [1.807, 2.05) is 0 Å². The van der Waals surface area contributed by atoms with Crippen molar-refractivity contribution >= 4 is 5.91 Å². The molecule has 0 aromatic rings. The first-order valence-corrected chi connectivity index (χ1v) is 9.30. The Labute approximate surface area is 133 Å². The van der Waals surface area contributed by atoms with Crippen LogP contribution in [-0.2, 0) is 9.53 Å². The molecule has 4 rings (SSSR count). The van der Waals surface area contributed by atoms with Crippen molar-refractivity contribution in [2.24, 2.45) is 16.7 Å². The molecule has 0 aromatic heterocycles. The lowest BCUT2D eigenvalue weighted by Gasteiger charge is -2.43. The van der Waals surface area contributed by atoms with E-state index in [2.05, 4.69) is 10.6 Å². The maximum atomic E-state index is 12.6. The zero-order valence-electron chi connectivity index (χ0n) is 13.7. The highest BCUT2D eigenvalue weighted by atomic mass is 16.5. The Morgan fingerprint density at radius 2 is 1.68 bits per heavy atom. The van der Waals surface area contributed by atoms with Gasteiger partial charge in [-0.25, -0.2) is 0 Å². The normalized spacial score (nSPS) is 33.7. The summed E-state index contributed by atoms with van der Waals surface area (Å²) in [5.41, 5.74) is 0.904. The number of amides is 1. The molecule has 124 valence electrons. The van der Waals surface area contributed by atoms with Crippen LogP contribution in [0.4, 0.5) is 0 Å². The van der Waals surface area contributed by atoms with Gasteiger partial charge in [0.25, 0.3) is 0 Å². The van der Waals surface area contributed by atoms with Crippen molar-refractivity contribution in [1.82, 2.24) is 10.6 Å². The van der Waals surface area contributed by atoms with Gasteiger partial charge in [-0.2, -0.15) is 0 Å². The molecule has 4 aliphatic rings. The maximum Gasteiger partial charge on any atom is 0.223 e. The minimum Gasteiger partial charge on any atom is -0.381 e. The van der Waals surface area contributed by atoms with E-state index >= 15 is 0 Å². The molecule has 22 heavy (non-hydrogen) atoms. The van der Waals surface area contributed by atoms with E-state index in [0.29, 0.717) is 28.7 Å². The van der Waals surface area contributed by atoms with Crippen molar-refractivity contribution in [2.45, 2.75) is 63.8 Å². The summed E-state index contributed by atoms with van der Waals surface area (Å²) in [7, 11) is 0. The van der Waals surface area contributed by atoms with Gasteiger partial charge in [-0.05, 0) is 81.7 Å². The van der Waals surface area contributed by atoms with E-state index in [0.717, 1.165) is 32.7 Å². The van der Waals surface area contributed by atoms with Crippen LogP contribution in [0.15, 0.2) is 0 Å². The van der Waals surface area contributed by atoms with Crippen LogP contribution in [-0.4, -0.2) is 38.3 Å². The number of nitrogens with one attached hydrogen (secondary N) is 2. The Balaban J connectivity index is 1.26. The van der Waals surface area contributed by atoms with Crippen molar-refractivity contribution in [3.8, 4) is 0 Å². The molecule has 0 radical (unpaired) electrons. The van der Waals surface area contributed by atoms with Crippen molar-refractivity contribution in [1.29, 1.82) is 0 Å². The third-order valence-electron chi connectivity index (χ3n) is 7.05. The number of hydrogen-bond acceptors (Lipinski definition) is 3. The molecule has 4 nitrogen and oxygen atoms in total. The van der Waals surface area contributed by atoms with E-state index in [1.54, 1.807) is 0 Å². The fourth-order valence-corrected chi connectivity index (χ4v) is 5.18. The molecular formula is C18H30N2O2. The summed E-state index contributed by atoms with van der Waals surface area (Å²) >= 11 is 0. The number of hydrogen-bond donors (Lipinski definition) is 2. The molecule has 2 N–H and O–H groups in total. The molecule has 0 aromatic carbocycles. The van der Waals surface area contributed by atoms with Gasteiger partial charge in [-0.3, -0.25) is 4.79 Å². The number of carbonyl (C=O) groups is 1. The molecule has 4 heteroatoms. The van der Waals surface area contributed by atoms with Gasteiger partial charge in [-0.1, -0.05) is 0 Å². The van der Waals surface area contributed by atoms with Gasteiger partial charge in [0.1, 0.15) is 0 Å². The molecule has 2 aliphatic heterocycles. The second-order valence-corrected chi connectivity index (χ2v) is 8.26. The van der Waals surface area contributed by atoms with Gasteiger partial charge < -0.3 is 15.4 Å². The molecule has 0 bridgehead atoms. The molecule has 2 heterocycles. The van der Waals surface area contributed by atoms with Crippen LogP contribution in [0, 0.1) is 16.7 Å². The standard InChI is InChI=1S/C18H30N2O2/c21-16(15-13-18(15)5-9-19-10-6-18)20-14-1-3-17(4-2-14)7-11-22-12-8-17/h14-15,19H,1-13H2,(H,20,21). The Hall–Kier alpha value is -0.610. The van der Waals surface area contributed by atoms with Crippen LogP contribution in [0.3, 0.4) is 0 Å². The summed E-state index contributed by atoms with van der Waals surface area (Å²) in [6.07, 6.45) is 10.9. The number of rotatable bonds is 2. The third-order valence-corrected chi connectivity index (χ3v) is 7.05. The molecule has 1 amide bonds. The van der Waals surface area contributed by atoms with Gasteiger partial charge in [0.15, 0.2) is 0 Å². The second-order valence-electron chi connectivity index (χ2n) is 8.26. The van der Waals surface area contributed by atoms with Gasteiger partial charge in [-0.15, -0.1) is 0 Å². The Morgan fingerprint density at radius 1 is 1.00 bits per heavy atom. The fourth-order valence-electron chi connectivity index (χ4n) is 5.18. The molecule has 1 atom stereocenters. The van der Waals surface area contributed by atoms with Crippen LogP contribution in [0.1, 0.15) is 57.8 Å². The monoisotopic (exact) mass is 306 g/mol. The summed E-state index contributed by atoms with van der Waals surface area (Å²) in [5.74, 6) is 0.670. The first-order chi connectivity index (χ1) is 10.7. The van der Waals surface area contributed by atoms with Gasteiger partial charge in [0.2, 0.25) is 5.91 Å². The Bertz CT molecular complexity index is 415. The molecule has 4 fully saturated rings. The average molecular weight is 306 g/mol. The zero-order valence-corrected chi connectivity index (χ0v) is 13.7. The summed E-state index contributed by atoms with van der Waals surface area (Å²) < 4.78 is 5.52. The lowest BCUT2D eigenvalue weighted by molar-refractivity contribution is -0.124. The molecule has 2 saturated heterocycles. The predicted octanol–water partition coefficient (Wildman–Crippen LogP) is 2.23. The van der Waals surface area contributed by atoms with E-state index < -0.39 is 0 Å². The highest BCUT2D eigenvalue weighted by molar-refractivity contribution is 5.82. The van der Waals surface area contributed by atoms with Crippen LogP contribution in [0.2, 0.25) is 0 Å². The third kappa shape index (κ3) is 2.80. The topological polar surface area (TPSA) is 50.4 Å². The zero-order chi connectivity index (χ0) is 15.0. The largest absolute Gasteiger partial charge is 0.381 e. The van der Waals surface area contributed by atoms with Gasteiger partial charge in [0.05, 0.1) is 0 Å². The highest BCUT2D eigenvalue weighted by Crippen LogP contribution is 2.58. The van der Waals surface area contributed by atoms with E-state index in [4.69, 9.17) is 4.74 Å². The summed E-state index contributed by atoms with van der Waals surface area (Å²) in [6, 6.07) is 0.431. The van der Waals surface area contributed by atoms with Crippen LogP contribution in [0.25, 0.3) is 0 Å². The lowest BCUT2D eigenvalue weighted by atomic mass is 9.68. The van der Waals surface area contributed by atoms with E-state index in [-0.39, 0.29) is 0 Å². The van der Waals surface area contributed by atoms with E-state index in [1.165, 1.54) is 51.4 Å². The number of ether oxygens (including phenoxy) is 1. The minimum absolute atomic E-state index is 0.313. The fraction of sp³-hybridized carbons (Fsp3) is 0.944. The van der Waals surface area contributed by atoms with Gasteiger partial charge in [0, 0.05) is 25.2 Å². The van der Waals surface area contributed by atoms with Crippen LogP contribution in [0.5, 0.6) is 0 Å². The number of piperidine rings is 1. The first kappa shape index (κ1) is 14.9. The molecule has 2 spiro atoms. The summed E-state index contributed by atoms with van der Waals surface area (Å²) in [6.45, 7) is 4.07. The first-order valence-electron chi connectivity index (χ1n) is 9.30. The lowest BCUT2D eigenvalue weighted by Crippen LogP contribution is -2.43. The minimum atomic E-state index is 0.313. The second kappa shape index (κ2) is 5.79. The average Bonchev–Trinajstić information content (AvgIpc) is 3.25. The maximum absolute atomic E-state index is 12.6. The highest BCUT2D eigenvalue weighted by Gasteiger charge is 2.57. The Morgan fingerprint density at radius 3 is 2.36 bits per heavy atom. The molecule has 2 aliphatic carbocycles. The van der Waals surface area contributed by atoms with Crippen molar-refractivity contribution in [2.75, 3.05) is 26.3 Å². The van der Waals surface area contributed by atoms with Crippen molar-refractivity contribution < 1.29 is 9.53 Å². The van der Waals surface area contributed by atoms with Crippen LogP contribution < -0.4 is 10.6 Å². The molecular weight excluding hydrogens is 276 g/mol. The van der Waals surface area contributed by atoms with Crippen molar-refractivity contribution in [3.63, 3.8) is 0 Å². The quantitative estimate of drug-likeness (QED) is 0.822. The summed E-state index contributed by atoms with van der Waals surface area (Å²) in [4.78, 5) is 12.6. The summed E-state index contributed by atoms with van der Waals surface area (Å²) in [5, 5.41) is 6.80. The smallest absolute Gasteiger partial charge is 0.223 e. The Kier molecular flexibility index (Phi) is 3.93. The molecule has 2 saturated carbocycles.